The molecule has 0 heterocycles. The lowest BCUT2D eigenvalue weighted by Gasteiger charge is -2.20. The maximum atomic E-state index is 13.3. The molecule has 4 aromatic carbocycles. The summed E-state index contributed by atoms with van der Waals surface area (Å²) in [5.41, 5.74) is 2.32. The van der Waals surface area contributed by atoms with Gasteiger partial charge in [-0.25, -0.2) is 0 Å². The molecule has 0 saturated carbocycles. The minimum Gasteiger partial charge on any atom is -0.345 e. The van der Waals surface area contributed by atoms with E-state index in [1.54, 1.807) is 42.5 Å². The van der Waals surface area contributed by atoms with E-state index in [9.17, 15) is 25.8 Å². The molecule has 0 fully saturated rings. The zero-order valence-electron chi connectivity index (χ0n) is 19.6. The first-order chi connectivity index (χ1) is 17.6. The van der Waals surface area contributed by atoms with Crippen LogP contribution in [0.3, 0.4) is 0 Å². The van der Waals surface area contributed by atoms with E-state index < -0.39 is 11.8 Å². The molecule has 1 amide bonds. The fourth-order valence-corrected chi connectivity index (χ4v) is 4.67. The number of nitrogens with zero attached hydrogens (tertiary/aromatic N) is 4. The molecule has 0 aromatic heterocycles. The van der Waals surface area contributed by atoms with Crippen molar-refractivity contribution in [1.82, 2.24) is 5.32 Å². The molecule has 0 aliphatic heterocycles. The lowest BCUT2D eigenvalue weighted by molar-refractivity contribution is 0.0935. The lowest BCUT2D eigenvalue weighted by Crippen LogP contribution is -2.28. The van der Waals surface area contributed by atoms with E-state index in [1.165, 1.54) is 0 Å². The van der Waals surface area contributed by atoms with Crippen molar-refractivity contribution in [3.8, 4) is 24.3 Å². The minimum absolute atomic E-state index is 0.187. The van der Waals surface area contributed by atoms with Gasteiger partial charge in [-0.3, -0.25) is 4.79 Å². The zero-order chi connectivity index (χ0) is 25.7. The van der Waals surface area contributed by atoms with E-state index in [1.807, 2.05) is 61.5 Å². The highest BCUT2D eigenvalue weighted by molar-refractivity contribution is 6.10. The molecule has 0 spiro atoms. The highest BCUT2D eigenvalue weighted by Gasteiger charge is 2.25. The monoisotopic (exact) mass is 467 g/mol. The van der Waals surface area contributed by atoms with Crippen LogP contribution in [0.25, 0.3) is 21.5 Å². The second kappa shape index (κ2) is 10.4. The summed E-state index contributed by atoms with van der Waals surface area (Å²) in [6, 6.07) is 29.8. The van der Waals surface area contributed by atoms with Crippen molar-refractivity contribution in [3.63, 3.8) is 0 Å². The minimum atomic E-state index is -1.10. The Morgan fingerprint density at radius 2 is 1.22 bits per heavy atom. The molecular formula is C30H21N5O. The number of nitriles is 4. The highest BCUT2D eigenvalue weighted by atomic mass is 16.1. The number of hydrogen-bond acceptors (Lipinski definition) is 5. The number of fused-ring (bicyclic) bond motifs is 2. The summed E-state index contributed by atoms with van der Waals surface area (Å²) in [5.74, 6) is -2.45. The first-order valence-electron chi connectivity index (χ1n) is 11.5. The Morgan fingerprint density at radius 1 is 0.722 bits per heavy atom. The van der Waals surface area contributed by atoms with Crippen LogP contribution in [0.15, 0.2) is 72.8 Å². The number of amides is 1. The molecule has 0 bridgehead atoms. The summed E-state index contributed by atoms with van der Waals surface area (Å²) in [4.78, 5) is 13.3. The van der Waals surface area contributed by atoms with Gasteiger partial charge in [-0.05, 0) is 56.8 Å². The normalized spacial score (nSPS) is 11.4. The quantitative estimate of drug-likeness (QED) is 0.341. The summed E-state index contributed by atoms with van der Waals surface area (Å²) in [7, 11) is 0. The van der Waals surface area contributed by atoms with Crippen LogP contribution < -0.4 is 5.32 Å². The molecule has 1 N–H and O–H groups in total. The van der Waals surface area contributed by atoms with Crippen LogP contribution in [0.1, 0.15) is 58.3 Å². The topological polar surface area (TPSA) is 124 Å². The average Bonchev–Trinajstić information content (AvgIpc) is 2.93. The summed E-state index contributed by atoms with van der Waals surface area (Å²) >= 11 is 0. The van der Waals surface area contributed by atoms with Gasteiger partial charge in [0.2, 0.25) is 0 Å². The van der Waals surface area contributed by atoms with Crippen molar-refractivity contribution < 1.29 is 4.79 Å². The molecule has 1 atom stereocenters. The SMILES string of the molecule is CCC(NC(=O)c1ccc2c(C(C#N)C#N)c3ccccc3c(C(C#N)C#N)c2c1)c1ccccc1. The van der Waals surface area contributed by atoms with Crippen LogP contribution in [0.2, 0.25) is 0 Å². The number of carbonyl (C=O) groups is 1. The Bertz CT molecular complexity index is 1600. The third kappa shape index (κ3) is 4.21. The third-order valence-electron chi connectivity index (χ3n) is 6.38. The fraction of sp³-hybridized carbons (Fsp3) is 0.167. The molecule has 6 nitrogen and oxygen atoms in total. The average molecular weight is 468 g/mol. The summed E-state index contributed by atoms with van der Waals surface area (Å²) in [6.45, 7) is 1.99. The number of hydrogen-bond donors (Lipinski definition) is 1. The Labute approximate surface area is 209 Å². The van der Waals surface area contributed by atoms with Crippen LogP contribution in [-0.4, -0.2) is 5.91 Å². The largest absolute Gasteiger partial charge is 0.345 e. The molecule has 172 valence electrons. The van der Waals surface area contributed by atoms with Gasteiger partial charge in [0.15, 0.2) is 11.8 Å². The van der Waals surface area contributed by atoms with Crippen LogP contribution in [-0.2, 0) is 0 Å². The van der Waals surface area contributed by atoms with E-state index in [0.29, 0.717) is 44.7 Å². The van der Waals surface area contributed by atoms with Crippen molar-refractivity contribution in [2.75, 3.05) is 0 Å². The van der Waals surface area contributed by atoms with E-state index in [0.717, 1.165) is 5.56 Å². The molecule has 4 aromatic rings. The lowest BCUT2D eigenvalue weighted by atomic mass is 9.82. The van der Waals surface area contributed by atoms with Crippen molar-refractivity contribution in [2.45, 2.75) is 31.2 Å². The number of nitrogens with one attached hydrogen (secondary N) is 1. The van der Waals surface area contributed by atoms with Gasteiger partial charge in [0.25, 0.3) is 5.91 Å². The highest BCUT2D eigenvalue weighted by Crippen LogP contribution is 2.40. The van der Waals surface area contributed by atoms with Gasteiger partial charge >= 0.3 is 0 Å². The van der Waals surface area contributed by atoms with Gasteiger partial charge in [0.05, 0.1) is 30.3 Å². The van der Waals surface area contributed by atoms with Gasteiger partial charge < -0.3 is 5.32 Å². The Hall–Kier alpha value is -5.17. The van der Waals surface area contributed by atoms with Crippen LogP contribution in [0, 0.1) is 45.3 Å². The standard InChI is InChI=1S/C30H21N5O/c1-2-27(19-8-4-3-5-9-19)35-30(36)20-12-13-25-26(14-20)29(22(17-33)18-34)24-11-7-6-10-23(24)28(25)21(15-31)16-32/h3-14,21-22,27H,2H2,1H3,(H,35,36). The van der Waals surface area contributed by atoms with Crippen LogP contribution >= 0.6 is 0 Å². The first kappa shape index (κ1) is 24.0. The summed E-state index contributed by atoms with van der Waals surface area (Å²) < 4.78 is 0. The molecule has 0 radical (unpaired) electrons. The van der Waals surface area contributed by atoms with Gasteiger partial charge in [0.1, 0.15) is 0 Å². The zero-order valence-corrected chi connectivity index (χ0v) is 19.6. The van der Waals surface area contributed by atoms with Crippen molar-refractivity contribution in [2.24, 2.45) is 0 Å². The first-order valence-corrected chi connectivity index (χ1v) is 11.5. The number of carbonyl (C=O) groups excluding carboxylic acids is 1. The molecule has 4 rings (SSSR count). The molecule has 36 heavy (non-hydrogen) atoms. The maximum Gasteiger partial charge on any atom is 0.251 e. The third-order valence-corrected chi connectivity index (χ3v) is 6.38. The van der Waals surface area contributed by atoms with Crippen LogP contribution in [0.4, 0.5) is 0 Å². The molecule has 0 saturated heterocycles. The van der Waals surface area contributed by atoms with Gasteiger partial charge in [-0.2, -0.15) is 21.0 Å². The van der Waals surface area contributed by atoms with E-state index in [2.05, 4.69) is 5.32 Å². The predicted octanol–water partition coefficient (Wildman–Crippen LogP) is 6.14. The van der Waals surface area contributed by atoms with E-state index >= 15 is 0 Å². The second-order valence-electron chi connectivity index (χ2n) is 8.36. The maximum absolute atomic E-state index is 13.3. The smallest absolute Gasteiger partial charge is 0.251 e. The van der Waals surface area contributed by atoms with E-state index in [-0.39, 0.29) is 11.9 Å². The van der Waals surface area contributed by atoms with Gasteiger partial charge in [-0.1, -0.05) is 67.6 Å². The Kier molecular flexibility index (Phi) is 6.92. The van der Waals surface area contributed by atoms with Crippen molar-refractivity contribution in [3.05, 3.63) is 95.1 Å². The Balaban J connectivity index is 1.96. The molecule has 0 aliphatic rings. The molecule has 6 heteroatoms. The molecular weight excluding hydrogens is 446 g/mol. The van der Waals surface area contributed by atoms with Crippen molar-refractivity contribution >= 4 is 27.5 Å². The predicted molar refractivity (Wildman–Crippen MR) is 136 cm³/mol. The molecule has 1 unspecified atom stereocenters. The summed E-state index contributed by atoms with van der Waals surface area (Å²) in [5, 5.41) is 44.3. The number of rotatable bonds is 6. The van der Waals surface area contributed by atoms with Crippen molar-refractivity contribution in [1.29, 1.82) is 21.0 Å². The number of benzene rings is 4. The van der Waals surface area contributed by atoms with Gasteiger partial charge in [0, 0.05) is 5.56 Å². The summed E-state index contributed by atoms with van der Waals surface area (Å²) in [6.07, 6.45) is 0.695. The van der Waals surface area contributed by atoms with Gasteiger partial charge in [-0.15, -0.1) is 0 Å². The second-order valence-corrected chi connectivity index (χ2v) is 8.36. The van der Waals surface area contributed by atoms with Crippen LogP contribution in [0.5, 0.6) is 0 Å². The molecule has 0 aliphatic carbocycles. The fourth-order valence-electron chi connectivity index (χ4n) is 4.67. The van der Waals surface area contributed by atoms with E-state index in [4.69, 9.17) is 0 Å². The Morgan fingerprint density at radius 3 is 1.75 bits per heavy atom.